The normalized spacial score (nSPS) is 16.6. The van der Waals surface area contributed by atoms with Gasteiger partial charge in [-0.3, -0.25) is 9.79 Å². The maximum Gasteiger partial charge on any atom is 0.239 e. The number of nitrogens with zero attached hydrogens (tertiary/aromatic N) is 1. The summed E-state index contributed by atoms with van der Waals surface area (Å²) in [6.45, 7) is 6.95. The van der Waals surface area contributed by atoms with E-state index in [-0.39, 0.29) is 23.4 Å². The molecule has 0 atom stereocenters. The Bertz CT molecular complexity index is 556. The van der Waals surface area contributed by atoms with Crippen molar-refractivity contribution in [2.75, 3.05) is 20.1 Å². The summed E-state index contributed by atoms with van der Waals surface area (Å²) in [6, 6.07) is 10.6. The van der Waals surface area contributed by atoms with Crippen molar-refractivity contribution in [2.45, 2.75) is 44.6 Å². The van der Waals surface area contributed by atoms with Gasteiger partial charge in [-0.25, -0.2) is 0 Å². The van der Waals surface area contributed by atoms with Gasteiger partial charge in [-0.1, -0.05) is 30.3 Å². The molecule has 1 fully saturated rings. The highest BCUT2D eigenvalue weighted by Crippen LogP contribution is 2.47. The van der Waals surface area contributed by atoms with Gasteiger partial charge in [-0.05, 0) is 39.2 Å². The molecule has 1 saturated carbocycles. The van der Waals surface area contributed by atoms with Crippen LogP contribution in [0.25, 0.3) is 0 Å². The van der Waals surface area contributed by atoms with Gasteiger partial charge in [-0.2, -0.15) is 0 Å². The van der Waals surface area contributed by atoms with Crippen LogP contribution in [-0.2, 0) is 10.2 Å². The van der Waals surface area contributed by atoms with Crippen molar-refractivity contribution in [1.29, 1.82) is 0 Å². The molecular weight excluding hydrogens is 288 g/mol. The van der Waals surface area contributed by atoms with Crippen LogP contribution in [0.2, 0.25) is 0 Å². The first-order chi connectivity index (χ1) is 10.8. The summed E-state index contributed by atoms with van der Waals surface area (Å²) in [4.78, 5) is 16.1. The second kappa shape index (κ2) is 7.02. The average molecular weight is 316 g/mol. The summed E-state index contributed by atoms with van der Waals surface area (Å²) in [7, 11) is 1.72. The number of aliphatic imine (C=N–C) groups is 1. The van der Waals surface area contributed by atoms with Gasteiger partial charge in [0.05, 0.1) is 6.54 Å². The molecular formula is C18H28N4O. The highest BCUT2D eigenvalue weighted by molar-refractivity contribution is 5.86. The highest BCUT2D eigenvalue weighted by Gasteiger charge is 2.43. The first-order valence-electron chi connectivity index (χ1n) is 8.16. The third-order valence-corrected chi connectivity index (χ3v) is 3.99. The number of guanidine groups is 1. The minimum atomic E-state index is -0.221. The fourth-order valence-corrected chi connectivity index (χ4v) is 2.61. The summed E-state index contributed by atoms with van der Waals surface area (Å²) in [5, 5.41) is 9.34. The van der Waals surface area contributed by atoms with Crippen LogP contribution >= 0.6 is 0 Å². The smallest absolute Gasteiger partial charge is 0.239 e. The lowest BCUT2D eigenvalue weighted by atomic mass is 9.96. The molecule has 0 saturated heterocycles. The molecule has 2 rings (SSSR count). The Morgan fingerprint density at radius 1 is 1.17 bits per heavy atom. The molecule has 0 bridgehead atoms. The lowest BCUT2D eigenvalue weighted by Crippen LogP contribution is -2.49. The van der Waals surface area contributed by atoms with Crippen LogP contribution in [0.4, 0.5) is 0 Å². The van der Waals surface area contributed by atoms with Crippen molar-refractivity contribution in [1.82, 2.24) is 16.0 Å². The molecule has 0 heterocycles. The van der Waals surface area contributed by atoms with Crippen LogP contribution < -0.4 is 16.0 Å². The van der Waals surface area contributed by atoms with Crippen LogP contribution in [0.5, 0.6) is 0 Å². The van der Waals surface area contributed by atoms with E-state index in [4.69, 9.17) is 0 Å². The molecule has 3 N–H and O–H groups in total. The largest absolute Gasteiger partial charge is 0.356 e. The standard InChI is InChI=1S/C18H28N4O/c1-17(2,3)22-15(23)12-20-16(19-4)21-13-18(10-11-18)14-8-6-5-7-9-14/h5-9H,10-13H2,1-4H3,(H,22,23)(H2,19,20,21). The fourth-order valence-electron chi connectivity index (χ4n) is 2.61. The van der Waals surface area contributed by atoms with Crippen molar-refractivity contribution in [3.05, 3.63) is 35.9 Å². The van der Waals surface area contributed by atoms with E-state index >= 15 is 0 Å². The van der Waals surface area contributed by atoms with Gasteiger partial charge in [-0.15, -0.1) is 0 Å². The van der Waals surface area contributed by atoms with Gasteiger partial charge < -0.3 is 16.0 Å². The van der Waals surface area contributed by atoms with Crippen molar-refractivity contribution in [3.63, 3.8) is 0 Å². The van der Waals surface area contributed by atoms with Gasteiger partial charge in [0.25, 0.3) is 0 Å². The maximum atomic E-state index is 11.9. The van der Waals surface area contributed by atoms with E-state index in [1.165, 1.54) is 18.4 Å². The minimum Gasteiger partial charge on any atom is -0.356 e. The van der Waals surface area contributed by atoms with E-state index in [1.807, 2.05) is 26.8 Å². The number of benzene rings is 1. The maximum absolute atomic E-state index is 11.9. The average Bonchev–Trinajstić information content (AvgIpc) is 3.28. The lowest BCUT2D eigenvalue weighted by molar-refractivity contribution is -0.121. The summed E-state index contributed by atoms with van der Waals surface area (Å²) >= 11 is 0. The van der Waals surface area contributed by atoms with Crippen LogP contribution in [0, 0.1) is 0 Å². The summed E-state index contributed by atoms with van der Waals surface area (Å²) in [6.07, 6.45) is 2.37. The first-order valence-corrected chi connectivity index (χ1v) is 8.16. The van der Waals surface area contributed by atoms with E-state index in [9.17, 15) is 4.79 Å². The number of nitrogens with one attached hydrogen (secondary N) is 3. The molecule has 1 aliphatic rings. The van der Waals surface area contributed by atoms with Crippen LogP contribution in [0.1, 0.15) is 39.2 Å². The molecule has 0 radical (unpaired) electrons. The van der Waals surface area contributed by atoms with Gasteiger partial charge in [0, 0.05) is 24.5 Å². The monoisotopic (exact) mass is 316 g/mol. The number of hydrogen-bond donors (Lipinski definition) is 3. The van der Waals surface area contributed by atoms with Gasteiger partial charge in [0.1, 0.15) is 0 Å². The van der Waals surface area contributed by atoms with Crippen molar-refractivity contribution in [3.8, 4) is 0 Å². The number of rotatable bonds is 5. The first kappa shape index (κ1) is 17.3. The zero-order valence-electron chi connectivity index (χ0n) is 14.6. The van der Waals surface area contributed by atoms with E-state index in [0.717, 1.165) is 6.54 Å². The van der Waals surface area contributed by atoms with Gasteiger partial charge in [0.2, 0.25) is 5.91 Å². The molecule has 126 valence electrons. The van der Waals surface area contributed by atoms with Crippen LogP contribution in [0.15, 0.2) is 35.3 Å². The second-order valence-corrected chi connectivity index (χ2v) is 7.22. The summed E-state index contributed by atoms with van der Waals surface area (Å²) in [5.41, 5.74) is 1.36. The SMILES string of the molecule is CN=C(NCC(=O)NC(C)(C)C)NCC1(c2ccccc2)CC1. The minimum absolute atomic E-state index is 0.0374. The Kier molecular flexibility index (Phi) is 5.29. The predicted octanol–water partition coefficient (Wildman–Crippen LogP) is 1.80. The third-order valence-electron chi connectivity index (χ3n) is 3.99. The third kappa shape index (κ3) is 5.27. The Morgan fingerprint density at radius 3 is 2.35 bits per heavy atom. The van der Waals surface area contributed by atoms with Crippen LogP contribution in [-0.4, -0.2) is 37.5 Å². The molecule has 1 aromatic rings. The van der Waals surface area contributed by atoms with Gasteiger partial charge in [0.15, 0.2) is 5.96 Å². The molecule has 5 heteroatoms. The Balaban J connectivity index is 1.81. The number of carbonyl (C=O) groups is 1. The zero-order valence-corrected chi connectivity index (χ0v) is 14.6. The highest BCUT2D eigenvalue weighted by atomic mass is 16.2. The van der Waals surface area contributed by atoms with Crippen molar-refractivity contribution < 1.29 is 4.79 Å². The quantitative estimate of drug-likeness (QED) is 0.573. The number of hydrogen-bond acceptors (Lipinski definition) is 2. The van der Waals surface area contributed by atoms with Gasteiger partial charge >= 0.3 is 0 Å². The van der Waals surface area contributed by atoms with E-state index < -0.39 is 0 Å². The van der Waals surface area contributed by atoms with Crippen LogP contribution in [0.3, 0.4) is 0 Å². The summed E-state index contributed by atoms with van der Waals surface area (Å²) < 4.78 is 0. The molecule has 23 heavy (non-hydrogen) atoms. The van der Waals surface area contributed by atoms with E-state index in [1.54, 1.807) is 7.05 Å². The van der Waals surface area contributed by atoms with Crippen molar-refractivity contribution >= 4 is 11.9 Å². The lowest BCUT2D eigenvalue weighted by Gasteiger charge is -2.22. The second-order valence-electron chi connectivity index (χ2n) is 7.22. The molecule has 1 amide bonds. The number of carbonyl (C=O) groups excluding carboxylic acids is 1. The molecule has 5 nitrogen and oxygen atoms in total. The topological polar surface area (TPSA) is 65.5 Å². The van der Waals surface area contributed by atoms with E-state index in [0.29, 0.717) is 5.96 Å². The Hall–Kier alpha value is -2.04. The zero-order chi connectivity index (χ0) is 16.9. The van der Waals surface area contributed by atoms with Crippen molar-refractivity contribution in [2.24, 2.45) is 4.99 Å². The molecule has 0 aliphatic heterocycles. The summed E-state index contributed by atoms with van der Waals surface area (Å²) in [5.74, 6) is 0.626. The molecule has 0 aromatic heterocycles. The molecule has 1 aliphatic carbocycles. The molecule has 0 unspecified atom stereocenters. The number of amides is 1. The van der Waals surface area contributed by atoms with E-state index in [2.05, 4.69) is 45.2 Å². The fraction of sp³-hybridized carbons (Fsp3) is 0.556. The predicted molar refractivity (Wildman–Crippen MR) is 94.6 cm³/mol. The Morgan fingerprint density at radius 2 is 1.83 bits per heavy atom. The Labute approximate surface area is 139 Å². The molecule has 1 aromatic carbocycles. The molecule has 0 spiro atoms.